The van der Waals surface area contributed by atoms with Crippen LogP contribution in [0.1, 0.15) is 36.1 Å². The van der Waals surface area contributed by atoms with Gasteiger partial charge in [-0.2, -0.15) is 0 Å². The first-order valence-corrected chi connectivity index (χ1v) is 8.11. The number of rotatable bonds is 5. The number of hydrogen-bond donors (Lipinski definition) is 2. The molecule has 1 amide bonds. The first-order chi connectivity index (χ1) is 11.6. The highest BCUT2D eigenvalue weighted by atomic mass is 19.1. The van der Waals surface area contributed by atoms with Crippen molar-refractivity contribution in [1.29, 1.82) is 0 Å². The maximum atomic E-state index is 12.8. The van der Waals surface area contributed by atoms with Crippen LogP contribution >= 0.6 is 0 Å². The molecule has 0 spiro atoms. The molecule has 2 N–H and O–H groups in total. The van der Waals surface area contributed by atoms with Crippen LogP contribution in [0.4, 0.5) is 4.39 Å². The van der Waals surface area contributed by atoms with Crippen LogP contribution in [-0.2, 0) is 6.61 Å². The number of benzene rings is 1. The molecule has 2 heterocycles. The summed E-state index contributed by atoms with van der Waals surface area (Å²) in [4.78, 5) is 12.2. The van der Waals surface area contributed by atoms with E-state index >= 15 is 0 Å². The molecule has 0 bridgehead atoms. The molecule has 3 rings (SSSR count). The Hall–Kier alpha value is -2.34. The van der Waals surface area contributed by atoms with Crippen LogP contribution in [-0.4, -0.2) is 24.5 Å². The lowest BCUT2D eigenvalue weighted by molar-refractivity contribution is 0.0893. The predicted octanol–water partition coefficient (Wildman–Crippen LogP) is 2.87. The van der Waals surface area contributed by atoms with Crippen LogP contribution in [0, 0.1) is 5.82 Å². The number of carbonyl (C=O) groups is 1. The van der Waals surface area contributed by atoms with Gasteiger partial charge in [-0.25, -0.2) is 4.39 Å². The second kappa shape index (κ2) is 7.49. The van der Waals surface area contributed by atoms with Gasteiger partial charge >= 0.3 is 0 Å². The fourth-order valence-electron chi connectivity index (χ4n) is 2.78. The van der Waals surface area contributed by atoms with Crippen molar-refractivity contribution in [1.82, 2.24) is 10.6 Å². The summed E-state index contributed by atoms with van der Waals surface area (Å²) in [6.07, 6.45) is 1.82. The van der Waals surface area contributed by atoms with E-state index in [9.17, 15) is 9.18 Å². The highest BCUT2D eigenvalue weighted by molar-refractivity contribution is 5.91. The molecule has 1 saturated heterocycles. The number of nitrogens with one attached hydrogen (secondary N) is 2. The van der Waals surface area contributed by atoms with Crippen molar-refractivity contribution in [2.45, 2.75) is 38.5 Å². The maximum absolute atomic E-state index is 12.8. The van der Waals surface area contributed by atoms with Gasteiger partial charge in [0.2, 0.25) is 0 Å². The molecule has 2 aromatic rings. The molecule has 128 valence electrons. The lowest BCUT2D eigenvalue weighted by Gasteiger charge is -2.28. The SMILES string of the molecule is CC1CC(NC(=O)c2ccc(COc3ccc(F)cc3)o2)CCN1. The van der Waals surface area contributed by atoms with Crippen LogP contribution < -0.4 is 15.4 Å². The van der Waals surface area contributed by atoms with Gasteiger partial charge in [-0.15, -0.1) is 0 Å². The number of carbonyl (C=O) groups excluding carboxylic acids is 1. The maximum Gasteiger partial charge on any atom is 0.287 e. The molecular formula is C18H21FN2O3. The Morgan fingerprint density at radius 1 is 1.33 bits per heavy atom. The van der Waals surface area contributed by atoms with Crippen molar-refractivity contribution in [3.05, 3.63) is 53.7 Å². The van der Waals surface area contributed by atoms with Gasteiger partial charge < -0.3 is 19.8 Å². The summed E-state index contributed by atoms with van der Waals surface area (Å²) in [7, 11) is 0. The van der Waals surface area contributed by atoms with Crippen molar-refractivity contribution < 1.29 is 18.3 Å². The minimum atomic E-state index is -0.313. The van der Waals surface area contributed by atoms with E-state index in [4.69, 9.17) is 9.15 Å². The number of ether oxygens (including phenoxy) is 1. The van der Waals surface area contributed by atoms with Crippen molar-refractivity contribution >= 4 is 5.91 Å². The lowest BCUT2D eigenvalue weighted by Crippen LogP contribution is -2.46. The molecule has 1 fully saturated rings. The highest BCUT2D eigenvalue weighted by Gasteiger charge is 2.21. The summed E-state index contributed by atoms with van der Waals surface area (Å²) in [5.41, 5.74) is 0. The van der Waals surface area contributed by atoms with Gasteiger partial charge in [-0.1, -0.05) is 0 Å². The van der Waals surface area contributed by atoms with Crippen LogP contribution in [0.3, 0.4) is 0 Å². The third-order valence-electron chi connectivity index (χ3n) is 4.04. The van der Waals surface area contributed by atoms with E-state index in [1.807, 2.05) is 0 Å². The van der Waals surface area contributed by atoms with Gasteiger partial charge in [0.15, 0.2) is 5.76 Å². The minimum absolute atomic E-state index is 0.165. The Morgan fingerprint density at radius 3 is 2.88 bits per heavy atom. The summed E-state index contributed by atoms with van der Waals surface area (Å²) in [6.45, 7) is 3.19. The Kier molecular flexibility index (Phi) is 5.15. The second-order valence-electron chi connectivity index (χ2n) is 6.06. The zero-order chi connectivity index (χ0) is 16.9. The van der Waals surface area contributed by atoms with E-state index in [0.717, 1.165) is 19.4 Å². The number of hydrogen-bond acceptors (Lipinski definition) is 4. The normalized spacial score (nSPS) is 20.6. The van der Waals surface area contributed by atoms with E-state index in [0.29, 0.717) is 17.6 Å². The van der Waals surface area contributed by atoms with E-state index in [1.54, 1.807) is 24.3 Å². The number of amides is 1. The smallest absolute Gasteiger partial charge is 0.287 e. The summed E-state index contributed by atoms with van der Waals surface area (Å²) in [6, 6.07) is 9.67. The van der Waals surface area contributed by atoms with E-state index in [1.165, 1.54) is 12.1 Å². The number of piperidine rings is 1. The first kappa shape index (κ1) is 16.5. The Balaban J connectivity index is 1.52. The molecular weight excluding hydrogens is 311 g/mol. The van der Waals surface area contributed by atoms with Crippen molar-refractivity contribution in [3.63, 3.8) is 0 Å². The van der Waals surface area contributed by atoms with Crippen molar-refractivity contribution in [2.24, 2.45) is 0 Å². The summed E-state index contributed by atoms with van der Waals surface area (Å²) < 4.78 is 23.9. The van der Waals surface area contributed by atoms with Crippen LogP contribution in [0.5, 0.6) is 5.75 Å². The molecule has 0 radical (unpaired) electrons. The number of halogens is 1. The third-order valence-corrected chi connectivity index (χ3v) is 4.04. The molecule has 0 aliphatic carbocycles. The molecule has 6 heteroatoms. The monoisotopic (exact) mass is 332 g/mol. The van der Waals surface area contributed by atoms with Gasteiger partial charge in [-0.3, -0.25) is 4.79 Å². The Morgan fingerprint density at radius 2 is 2.12 bits per heavy atom. The lowest BCUT2D eigenvalue weighted by atomic mass is 10.0. The highest BCUT2D eigenvalue weighted by Crippen LogP contribution is 2.16. The van der Waals surface area contributed by atoms with Gasteiger partial charge in [0.1, 0.15) is 23.9 Å². The molecule has 1 aliphatic rings. The zero-order valence-electron chi connectivity index (χ0n) is 13.5. The molecule has 1 aliphatic heterocycles. The summed E-state index contributed by atoms with van der Waals surface area (Å²) in [5, 5.41) is 6.35. The average molecular weight is 332 g/mol. The average Bonchev–Trinajstić information content (AvgIpc) is 3.03. The fourth-order valence-corrected chi connectivity index (χ4v) is 2.78. The largest absolute Gasteiger partial charge is 0.486 e. The van der Waals surface area contributed by atoms with Gasteiger partial charge in [0.25, 0.3) is 5.91 Å². The molecule has 2 unspecified atom stereocenters. The minimum Gasteiger partial charge on any atom is -0.486 e. The third kappa shape index (κ3) is 4.35. The fraction of sp³-hybridized carbons (Fsp3) is 0.389. The van der Waals surface area contributed by atoms with Crippen LogP contribution in [0.25, 0.3) is 0 Å². The van der Waals surface area contributed by atoms with E-state index < -0.39 is 0 Å². The molecule has 1 aromatic heterocycles. The van der Waals surface area contributed by atoms with Crippen LogP contribution in [0.2, 0.25) is 0 Å². The van der Waals surface area contributed by atoms with E-state index in [2.05, 4.69) is 17.6 Å². The standard InChI is InChI=1S/C18H21FN2O3/c1-12-10-14(8-9-20-12)21-18(22)17-7-6-16(24-17)11-23-15-4-2-13(19)3-5-15/h2-7,12,14,20H,8-11H2,1H3,(H,21,22). The second-order valence-corrected chi connectivity index (χ2v) is 6.06. The molecule has 2 atom stereocenters. The van der Waals surface area contributed by atoms with E-state index in [-0.39, 0.29) is 30.1 Å². The summed E-state index contributed by atoms with van der Waals surface area (Å²) in [5.74, 6) is 0.846. The summed E-state index contributed by atoms with van der Waals surface area (Å²) >= 11 is 0. The van der Waals surface area contributed by atoms with Gasteiger partial charge in [0, 0.05) is 12.1 Å². The van der Waals surface area contributed by atoms with Gasteiger partial charge in [0.05, 0.1) is 0 Å². The van der Waals surface area contributed by atoms with Crippen molar-refractivity contribution in [3.8, 4) is 5.75 Å². The molecule has 24 heavy (non-hydrogen) atoms. The van der Waals surface area contributed by atoms with Crippen LogP contribution in [0.15, 0.2) is 40.8 Å². The Labute approximate surface area is 140 Å². The zero-order valence-corrected chi connectivity index (χ0v) is 13.5. The Bertz CT molecular complexity index is 684. The molecule has 5 nitrogen and oxygen atoms in total. The predicted molar refractivity (Wildman–Crippen MR) is 87.4 cm³/mol. The first-order valence-electron chi connectivity index (χ1n) is 8.11. The topological polar surface area (TPSA) is 63.5 Å². The van der Waals surface area contributed by atoms with Crippen molar-refractivity contribution in [2.75, 3.05) is 6.54 Å². The molecule has 1 aromatic carbocycles. The quantitative estimate of drug-likeness (QED) is 0.884. The number of furan rings is 1. The molecule has 0 saturated carbocycles. The van der Waals surface area contributed by atoms with Gasteiger partial charge in [-0.05, 0) is 62.7 Å².